The Kier molecular flexibility index (Phi) is 7.02. The highest BCUT2D eigenvalue weighted by molar-refractivity contribution is 9.10. The van der Waals surface area contributed by atoms with Crippen molar-refractivity contribution in [1.29, 1.82) is 0 Å². The van der Waals surface area contributed by atoms with Gasteiger partial charge in [-0.15, -0.1) is 0 Å². The van der Waals surface area contributed by atoms with Gasteiger partial charge in [0.2, 0.25) is 5.91 Å². The van der Waals surface area contributed by atoms with Crippen LogP contribution < -0.4 is 15.5 Å². The minimum absolute atomic E-state index is 0.195. The van der Waals surface area contributed by atoms with E-state index >= 15 is 0 Å². The van der Waals surface area contributed by atoms with E-state index in [1.54, 1.807) is 39.0 Å². The lowest BCUT2D eigenvalue weighted by Crippen LogP contribution is -2.38. The molecule has 2 N–H and O–H groups in total. The Labute approximate surface area is 174 Å². The summed E-state index contributed by atoms with van der Waals surface area (Å²) in [6, 6.07) is 15.0. The summed E-state index contributed by atoms with van der Waals surface area (Å²) in [5.41, 5.74) is 2.09. The van der Waals surface area contributed by atoms with Gasteiger partial charge in [0.15, 0.2) is 0 Å². The minimum atomic E-state index is -0.619. The van der Waals surface area contributed by atoms with Crippen molar-refractivity contribution in [2.45, 2.75) is 20.8 Å². The van der Waals surface area contributed by atoms with E-state index in [0.717, 1.165) is 15.7 Å². The molecular weight excluding hydrogens is 418 g/mol. The Bertz CT molecular complexity index is 864. The highest BCUT2D eigenvalue weighted by atomic mass is 79.9. The zero-order chi connectivity index (χ0) is 20.9. The zero-order valence-electron chi connectivity index (χ0n) is 16.8. The molecule has 2 aromatic rings. The molecule has 5 nitrogen and oxygen atoms in total. The van der Waals surface area contributed by atoms with Gasteiger partial charge in [0, 0.05) is 35.4 Å². The lowest BCUT2D eigenvalue weighted by molar-refractivity contribution is -0.128. The van der Waals surface area contributed by atoms with Crippen LogP contribution in [0.4, 0.5) is 11.4 Å². The van der Waals surface area contributed by atoms with Crippen LogP contribution in [0.5, 0.6) is 0 Å². The average Bonchev–Trinajstić information content (AvgIpc) is 2.62. The smallest absolute Gasteiger partial charge is 0.272 e. The first-order valence-electron chi connectivity index (χ1n) is 8.94. The van der Waals surface area contributed by atoms with Gasteiger partial charge in [0.05, 0.1) is 0 Å². The van der Waals surface area contributed by atoms with E-state index in [1.807, 2.05) is 55.4 Å². The summed E-state index contributed by atoms with van der Waals surface area (Å²) in [5, 5.41) is 5.59. The maximum absolute atomic E-state index is 12.8. The van der Waals surface area contributed by atoms with Crippen molar-refractivity contribution in [3.05, 3.63) is 64.3 Å². The third-order valence-electron chi connectivity index (χ3n) is 4.00. The van der Waals surface area contributed by atoms with Crippen LogP contribution in [0, 0.1) is 5.41 Å². The second kappa shape index (κ2) is 9.06. The van der Waals surface area contributed by atoms with Gasteiger partial charge in [0.25, 0.3) is 5.91 Å². The molecule has 0 saturated carbocycles. The van der Waals surface area contributed by atoms with Gasteiger partial charge in [-0.2, -0.15) is 0 Å². The van der Waals surface area contributed by atoms with Gasteiger partial charge in [0.1, 0.15) is 5.70 Å². The molecule has 0 saturated heterocycles. The summed E-state index contributed by atoms with van der Waals surface area (Å²) in [7, 11) is 3.93. The van der Waals surface area contributed by atoms with Crippen LogP contribution in [0.15, 0.2) is 58.7 Å². The fraction of sp³-hybridized carbons (Fsp3) is 0.273. The molecular formula is C22H26BrN3O2. The van der Waals surface area contributed by atoms with E-state index in [1.165, 1.54) is 0 Å². The number of halogens is 1. The number of anilines is 2. The largest absolute Gasteiger partial charge is 0.378 e. The second-order valence-corrected chi connectivity index (χ2v) is 8.62. The third kappa shape index (κ3) is 6.23. The third-order valence-corrected chi connectivity index (χ3v) is 4.53. The van der Waals surface area contributed by atoms with Gasteiger partial charge in [-0.1, -0.05) is 48.8 Å². The van der Waals surface area contributed by atoms with Gasteiger partial charge in [-0.05, 0) is 48.0 Å². The normalized spacial score (nSPS) is 11.7. The van der Waals surface area contributed by atoms with Crippen LogP contribution in [-0.2, 0) is 9.59 Å². The molecule has 0 aliphatic heterocycles. The van der Waals surface area contributed by atoms with Gasteiger partial charge in [-0.3, -0.25) is 9.59 Å². The SMILES string of the molecule is CN(C)c1ccc(/C=C(/NC(=O)C(C)(C)C)C(=O)Nc2ccc(Br)cc2)cc1. The van der Waals surface area contributed by atoms with Crippen LogP contribution in [0.3, 0.4) is 0 Å². The number of carbonyl (C=O) groups is 2. The number of nitrogens with zero attached hydrogens (tertiary/aromatic N) is 1. The number of rotatable bonds is 5. The van der Waals surface area contributed by atoms with Crippen molar-refractivity contribution in [1.82, 2.24) is 5.32 Å². The van der Waals surface area contributed by atoms with E-state index in [4.69, 9.17) is 0 Å². The number of hydrogen-bond donors (Lipinski definition) is 2. The number of amides is 2. The monoisotopic (exact) mass is 443 g/mol. The summed E-state index contributed by atoms with van der Waals surface area (Å²) in [4.78, 5) is 27.3. The lowest BCUT2D eigenvalue weighted by Gasteiger charge is -2.19. The molecule has 0 fully saturated rings. The number of nitrogens with one attached hydrogen (secondary N) is 2. The summed E-state index contributed by atoms with van der Waals surface area (Å²) in [6.07, 6.45) is 1.68. The maximum Gasteiger partial charge on any atom is 0.272 e. The fourth-order valence-electron chi connectivity index (χ4n) is 2.24. The Morgan fingerprint density at radius 1 is 0.964 bits per heavy atom. The Morgan fingerprint density at radius 2 is 1.54 bits per heavy atom. The Hall–Kier alpha value is -2.60. The molecule has 2 amide bonds. The lowest BCUT2D eigenvalue weighted by atomic mass is 9.95. The number of benzene rings is 2. The fourth-order valence-corrected chi connectivity index (χ4v) is 2.50. The van der Waals surface area contributed by atoms with Crippen molar-refractivity contribution < 1.29 is 9.59 Å². The van der Waals surface area contributed by atoms with Crippen molar-refractivity contribution in [2.24, 2.45) is 5.41 Å². The summed E-state index contributed by atoms with van der Waals surface area (Å²) >= 11 is 3.37. The van der Waals surface area contributed by atoms with Crippen molar-refractivity contribution in [3.63, 3.8) is 0 Å². The zero-order valence-corrected chi connectivity index (χ0v) is 18.4. The van der Waals surface area contributed by atoms with E-state index in [2.05, 4.69) is 26.6 Å². The van der Waals surface area contributed by atoms with E-state index in [-0.39, 0.29) is 17.5 Å². The summed E-state index contributed by atoms with van der Waals surface area (Å²) < 4.78 is 0.920. The van der Waals surface area contributed by atoms with Gasteiger partial charge in [-0.25, -0.2) is 0 Å². The van der Waals surface area contributed by atoms with Crippen molar-refractivity contribution in [2.75, 3.05) is 24.3 Å². The standard InChI is InChI=1S/C22H26BrN3O2/c1-22(2,3)21(28)25-19(14-15-6-12-18(13-7-15)26(4)5)20(27)24-17-10-8-16(23)9-11-17/h6-14H,1-5H3,(H,24,27)(H,25,28)/b19-14+. The molecule has 2 rings (SSSR count). The van der Waals surface area contributed by atoms with E-state index in [9.17, 15) is 9.59 Å². The summed E-state index contributed by atoms with van der Waals surface area (Å²) in [5.74, 6) is -0.605. The van der Waals surface area contributed by atoms with Gasteiger partial charge < -0.3 is 15.5 Å². The molecule has 0 unspecified atom stereocenters. The van der Waals surface area contributed by atoms with E-state index < -0.39 is 5.41 Å². The highest BCUT2D eigenvalue weighted by Gasteiger charge is 2.24. The predicted molar refractivity (Wildman–Crippen MR) is 119 cm³/mol. The van der Waals surface area contributed by atoms with E-state index in [0.29, 0.717) is 5.69 Å². The Morgan fingerprint density at radius 3 is 2.04 bits per heavy atom. The molecule has 148 valence electrons. The van der Waals surface area contributed by atoms with Crippen molar-refractivity contribution in [3.8, 4) is 0 Å². The molecule has 0 aliphatic rings. The second-order valence-electron chi connectivity index (χ2n) is 7.71. The average molecular weight is 444 g/mol. The van der Waals surface area contributed by atoms with Crippen LogP contribution in [0.25, 0.3) is 6.08 Å². The van der Waals surface area contributed by atoms with Crippen molar-refractivity contribution >= 4 is 45.2 Å². The van der Waals surface area contributed by atoms with Crippen LogP contribution in [0.2, 0.25) is 0 Å². The maximum atomic E-state index is 12.8. The molecule has 0 bridgehead atoms. The minimum Gasteiger partial charge on any atom is -0.378 e. The molecule has 2 aromatic carbocycles. The first kappa shape index (κ1) is 21.7. The first-order chi connectivity index (χ1) is 13.1. The highest BCUT2D eigenvalue weighted by Crippen LogP contribution is 2.18. The molecule has 0 spiro atoms. The van der Waals surface area contributed by atoms with Crippen LogP contribution in [0.1, 0.15) is 26.3 Å². The number of carbonyl (C=O) groups excluding carboxylic acids is 2. The van der Waals surface area contributed by atoms with Crippen LogP contribution in [-0.4, -0.2) is 25.9 Å². The predicted octanol–water partition coefficient (Wildman–Crippen LogP) is 4.66. The quantitative estimate of drug-likeness (QED) is 0.660. The Balaban J connectivity index is 2.30. The summed E-state index contributed by atoms with van der Waals surface area (Å²) in [6.45, 7) is 5.41. The molecule has 28 heavy (non-hydrogen) atoms. The molecule has 0 heterocycles. The topological polar surface area (TPSA) is 61.4 Å². The molecule has 6 heteroatoms. The molecule has 0 aliphatic carbocycles. The molecule has 0 aromatic heterocycles. The number of hydrogen-bond acceptors (Lipinski definition) is 3. The molecule has 0 atom stereocenters. The van der Waals surface area contributed by atoms with Crippen LogP contribution >= 0.6 is 15.9 Å². The van der Waals surface area contributed by atoms with Gasteiger partial charge >= 0.3 is 0 Å². The first-order valence-corrected chi connectivity index (χ1v) is 9.73. The molecule has 0 radical (unpaired) electrons.